The van der Waals surface area contributed by atoms with Crippen LogP contribution in [0.1, 0.15) is 26.7 Å². The molecular weight excluding hydrogens is 204 g/mol. The van der Waals surface area contributed by atoms with Crippen LogP contribution in [0.4, 0.5) is 0 Å². The highest BCUT2D eigenvalue weighted by Crippen LogP contribution is 1.96. The minimum atomic E-state index is 0.296. The summed E-state index contributed by atoms with van der Waals surface area (Å²) < 4.78 is 12.9. The van der Waals surface area contributed by atoms with Crippen LogP contribution in [0.3, 0.4) is 0 Å². The lowest BCUT2D eigenvalue weighted by atomic mass is 10.3. The van der Waals surface area contributed by atoms with Gasteiger partial charge in [-0.15, -0.1) is 0 Å². The summed E-state index contributed by atoms with van der Waals surface area (Å²) in [5, 5.41) is 0. The van der Waals surface area contributed by atoms with Gasteiger partial charge >= 0.3 is 0 Å². The maximum atomic E-state index is 5.45. The molecule has 1 rings (SSSR count). The van der Waals surface area contributed by atoms with Crippen molar-refractivity contribution in [2.24, 2.45) is 0 Å². The number of unbranched alkanes of at least 4 members (excludes halogenated alkanes) is 1. The van der Waals surface area contributed by atoms with Crippen LogP contribution >= 0.6 is 0 Å². The van der Waals surface area contributed by atoms with Gasteiger partial charge in [-0.05, 0) is 26.7 Å². The quantitative estimate of drug-likeness (QED) is 0.605. The molecule has 0 aliphatic heterocycles. The first-order valence-corrected chi connectivity index (χ1v) is 5.94. The van der Waals surface area contributed by atoms with Crippen LogP contribution in [0.15, 0.2) is 18.7 Å². The van der Waals surface area contributed by atoms with Gasteiger partial charge in [0.05, 0.1) is 25.6 Å². The van der Waals surface area contributed by atoms with Crippen LogP contribution < -0.4 is 0 Å². The van der Waals surface area contributed by atoms with Crippen molar-refractivity contribution in [3.05, 3.63) is 18.7 Å². The van der Waals surface area contributed by atoms with Crippen molar-refractivity contribution in [3.8, 4) is 0 Å². The monoisotopic (exact) mass is 226 g/mol. The Morgan fingerprint density at radius 1 is 1.19 bits per heavy atom. The van der Waals surface area contributed by atoms with E-state index in [1.165, 1.54) is 0 Å². The highest BCUT2D eigenvalue weighted by Gasteiger charge is 1.94. The van der Waals surface area contributed by atoms with E-state index in [1.807, 2.05) is 26.4 Å². The topological polar surface area (TPSA) is 36.3 Å². The van der Waals surface area contributed by atoms with Crippen LogP contribution in [0.25, 0.3) is 0 Å². The number of aromatic nitrogens is 2. The Morgan fingerprint density at radius 2 is 2.06 bits per heavy atom. The first-order valence-electron chi connectivity index (χ1n) is 5.94. The molecule has 1 aromatic rings. The molecule has 0 saturated carbocycles. The molecule has 0 N–H and O–H groups in total. The summed E-state index contributed by atoms with van der Waals surface area (Å²) >= 11 is 0. The molecule has 0 fully saturated rings. The Hall–Kier alpha value is -0.870. The van der Waals surface area contributed by atoms with Crippen LogP contribution in [0, 0.1) is 0 Å². The zero-order valence-electron chi connectivity index (χ0n) is 10.3. The van der Waals surface area contributed by atoms with E-state index >= 15 is 0 Å². The van der Waals surface area contributed by atoms with Gasteiger partial charge in [0.1, 0.15) is 0 Å². The van der Waals surface area contributed by atoms with E-state index < -0.39 is 0 Å². The van der Waals surface area contributed by atoms with Gasteiger partial charge in [-0.1, -0.05) is 0 Å². The summed E-state index contributed by atoms with van der Waals surface area (Å²) in [4.78, 5) is 3.99. The number of rotatable bonds is 9. The first-order chi connectivity index (χ1) is 7.79. The predicted octanol–water partition coefficient (Wildman–Crippen LogP) is 2.10. The van der Waals surface area contributed by atoms with Gasteiger partial charge in [-0.3, -0.25) is 0 Å². The van der Waals surface area contributed by atoms with E-state index in [0.29, 0.717) is 19.3 Å². The lowest BCUT2D eigenvalue weighted by Crippen LogP contribution is -2.10. The molecule has 92 valence electrons. The highest BCUT2D eigenvalue weighted by atomic mass is 16.5. The van der Waals surface area contributed by atoms with Crippen molar-refractivity contribution in [2.75, 3.05) is 19.8 Å². The molecule has 0 atom stereocenters. The van der Waals surface area contributed by atoms with Crippen LogP contribution in [-0.4, -0.2) is 35.5 Å². The fourth-order valence-corrected chi connectivity index (χ4v) is 1.36. The molecule has 4 nitrogen and oxygen atoms in total. The third-order valence-corrected chi connectivity index (χ3v) is 2.19. The Labute approximate surface area is 97.6 Å². The molecule has 0 aliphatic rings. The van der Waals surface area contributed by atoms with E-state index in [-0.39, 0.29) is 0 Å². The number of ether oxygens (including phenoxy) is 2. The minimum absolute atomic E-state index is 0.296. The Bertz CT molecular complexity index is 248. The summed E-state index contributed by atoms with van der Waals surface area (Å²) in [5.74, 6) is 0. The number of nitrogens with zero attached hydrogens (tertiary/aromatic N) is 2. The van der Waals surface area contributed by atoms with Crippen molar-refractivity contribution in [1.82, 2.24) is 9.55 Å². The summed E-state index contributed by atoms with van der Waals surface area (Å²) in [5.41, 5.74) is 0. The van der Waals surface area contributed by atoms with Gasteiger partial charge in [0, 0.05) is 25.5 Å². The fraction of sp³-hybridized carbons (Fsp3) is 0.750. The van der Waals surface area contributed by atoms with Crippen LogP contribution in [0.5, 0.6) is 0 Å². The lowest BCUT2D eigenvalue weighted by Gasteiger charge is -2.08. The minimum Gasteiger partial charge on any atom is -0.379 e. The molecule has 0 radical (unpaired) electrons. The summed E-state index contributed by atoms with van der Waals surface area (Å²) in [6.07, 6.45) is 8.14. The highest BCUT2D eigenvalue weighted by molar-refractivity contribution is 4.73. The summed E-state index contributed by atoms with van der Waals surface area (Å²) in [6.45, 7) is 7.29. The molecule has 0 unspecified atom stereocenters. The molecule has 1 aromatic heterocycles. The number of imidazole rings is 1. The zero-order valence-corrected chi connectivity index (χ0v) is 10.3. The van der Waals surface area contributed by atoms with Crippen molar-refractivity contribution < 1.29 is 9.47 Å². The smallest absolute Gasteiger partial charge is 0.0945 e. The molecule has 0 spiro atoms. The standard InChI is InChI=1S/C12H22N2O2/c1-12(2)16-10-9-15-8-4-3-6-14-7-5-13-11-14/h5,7,11-12H,3-4,6,8-10H2,1-2H3. The Morgan fingerprint density at radius 3 is 2.75 bits per heavy atom. The number of aryl methyl sites for hydroxylation is 1. The second-order valence-electron chi connectivity index (χ2n) is 4.04. The van der Waals surface area contributed by atoms with Crippen LogP contribution in [-0.2, 0) is 16.0 Å². The largest absolute Gasteiger partial charge is 0.379 e. The normalized spacial score (nSPS) is 11.2. The van der Waals surface area contributed by atoms with Gasteiger partial charge in [0.2, 0.25) is 0 Å². The predicted molar refractivity (Wildman–Crippen MR) is 63.4 cm³/mol. The van der Waals surface area contributed by atoms with Crippen molar-refractivity contribution in [2.45, 2.75) is 39.3 Å². The molecule has 0 saturated heterocycles. The van der Waals surface area contributed by atoms with Gasteiger partial charge in [0.25, 0.3) is 0 Å². The fourth-order valence-electron chi connectivity index (χ4n) is 1.36. The average Bonchev–Trinajstić information content (AvgIpc) is 2.74. The molecule has 0 bridgehead atoms. The number of hydrogen-bond donors (Lipinski definition) is 0. The zero-order chi connectivity index (χ0) is 11.6. The maximum Gasteiger partial charge on any atom is 0.0945 e. The van der Waals surface area contributed by atoms with E-state index in [1.54, 1.807) is 6.20 Å². The van der Waals surface area contributed by atoms with Gasteiger partial charge in [0.15, 0.2) is 0 Å². The van der Waals surface area contributed by atoms with Gasteiger partial charge in [-0.25, -0.2) is 4.98 Å². The molecule has 0 aromatic carbocycles. The molecule has 0 amide bonds. The van der Waals surface area contributed by atoms with Crippen molar-refractivity contribution in [1.29, 1.82) is 0 Å². The Balaban J connectivity index is 1.82. The molecular formula is C12H22N2O2. The van der Waals surface area contributed by atoms with Gasteiger partial charge in [-0.2, -0.15) is 0 Å². The van der Waals surface area contributed by atoms with Crippen LogP contribution in [0.2, 0.25) is 0 Å². The molecule has 4 heteroatoms. The summed E-state index contributed by atoms with van der Waals surface area (Å²) in [6, 6.07) is 0. The second kappa shape index (κ2) is 8.30. The maximum absolute atomic E-state index is 5.45. The lowest BCUT2D eigenvalue weighted by molar-refractivity contribution is 0.0186. The third kappa shape index (κ3) is 6.58. The Kier molecular flexibility index (Phi) is 6.85. The van der Waals surface area contributed by atoms with E-state index in [9.17, 15) is 0 Å². The second-order valence-corrected chi connectivity index (χ2v) is 4.04. The van der Waals surface area contributed by atoms with E-state index in [2.05, 4.69) is 9.55 Å². The average molecular weight is 226 g/mol. The van der Waals surface area contributed by atoms with Gasteiger partial charge < -0.3 is 14.0 Å². The molecule has 1 heterocycles. The van der Waals surface area contributed by atoms with E-state index in [4.69, 9.17) is 9.47 Å². The van der Waals surface area contributed by atoms with E-state index in [0.717, 1.165) is 26.0 Å². The molecule has 16 heavy (non-hydrogen) atoms. The first kappa shape index (κ1) is 13.2. The third-order valence-electron chi connectivity index (χ3n) is 2.19. The van der Waals surface area contributed by atoms with Crippen molar-refractivity contribution in [3.63, 3.8) is 0 Å². The van der Waals surface area contributed by atoms with Crippen molar-refractivity contribution >= 4 is 0 Å². The molecule has 0 aliphatic carbocycles. The number of hydrogen-bond acceptors (Lipinski definition) is 3. The SMILES string of the molecule is CC(C)OCCOCCCCn1ccnc1. The summed E-state index contributed by atoms with van der Waals surface area (Å²) in [7, 11) is 0.